The molecule has 1 amide bonds. The van der Waals surface area contributed by atoms with Gasteiger partial charge in [0.05, 0.1) is 23.1 Å². The van der Waals surface area contributed by atoms with Crippen LogP contribution < -0.4 is 5.32 Å². The van der Waals surface area contributed by atoms with Crippen LogP contribution in [-0.4, -0.2) is 33.9 Å². The molecule has 0 fully saturated rings. The number of nitrogens with one attached hydrogen (secondary N) is 1. The maximum atomic E-state index is 11.8. The van der Waals surface area contributed by atoms with Gasteiger partial charge in [0, 0.05) is 6.54 Å². The molecule has 0 saturated carbocycles. The second kappa shape index (κ2) is 6.30. The van der Waals surface area contributed by atoms with Crippen LogP contribution in [-0.2, 0) is 0 Å². The first-order chi connectivity index (χ1) is 8.04. The van der Waals surface area contributed by atoms with Crippen LogP contribution in [0.4, 0.5) is 0 Å². The maximum absolute atomic E-state index is 11.8. The summed E-state index contributed by atoms with van der Waals surface area (Å²) in [5, 5.41) is 20.0. The Morgan fingerprint density at radius 3 is 2.82 bits per heavy atom. The Hall–Kier alpha value is -1.49. The van der Waals surface area contributed by atoms with E-state index in [2.05, 4.69) is 15.5 Å². The Morgan fingerprint density at radius 1 is 1.47 bits per heavy atom. The standard InChI is InChI=1S/C12H19N3O2/c1-4-5-10(16)7-13-12(17)11-6-8(2)14-15-9(11)3/h6,10,16H,4-5,7H2,1-3H3,(H,13,17). The van der Waals surface area contributed by atoms with E-state index in [0.29, 0.717) is 23.4 Å². The summed E-state index contributed by atoms with van der Waals surface area (Å²) in [6, 6.07) is 1.70. The Kier molecular flexibility index (Phi) is 5.03. The van der Waals surface area contributed by atoms with Crippen LogP contribution in [0, 0.1) is 13.8 Å². The summed E-state index contributed by atoms with van der Waals surface area (Å²) in [5.41, 5.74) is 1.81. The largest absolute Gasteiger partial charge is 0.391 e. The zero-order valence-electron chi connectivity index (χ0n) is 10.5. The van der Waals surface area contributed by atoms with Crippen molar-refractivity contribution < 1.29 is 9.90 Å². The number of aromatic nitrogens is 2. The van der Waals surface area contributed by atoms with E-state index >= 15 is 0 Å². The van der Waals surface area contributed by atoms with Gasteiger partial charge in [-0.15, -0.1) is 0 Å². The van der Waals surface area contributed by atoms with Crippen LogP contribution in [0.2, 0.25) is 0 Å². The second-order valence-electron chi connectivity index (χ2n) is 4.14. The van der Waals surface area contributed by atoms with Crippen molar-refractivity contribution in [1.82, 2.24) is 15.5 Å². The van der Waals surface area contributed by atoms with Crippen molar-refractivity contribution in [3.63, 3.8) is 0 Å². The molecule has 1 aromatic rings. The van der Waals surface area contributed by atoms with Gasteiger partial charge in [0.1, 0.15) is 0 Å². The van der Waals surface area contributed by atoms with Crippen molar-refractivity contribution in [3.8, 4) is 0 Å². The summed E-state index contributed by atoms with van der Waals surface area (Å²) >= 11 is 0. The fourth-order valence-electron chi connectivity index (χ4n) is 1.52. The minimum Gasteiger partial charge on any atom is -0.391 e. The SMILES string of the molecule is CCCC(O)CNC(=O)c1cc(C)nnc1C. The number of rotatable bonds is 5. The Bertz CT molecular complexity index is 393. The maximum Gasteiger partial charge on any atom is 0.253 e. The topological polar surface area (TPSA) is 75.1 Å². The first-order valence-corrected chi connectivity index (χ1v) is 5.81. The van der Waals surface area contributed by atoms with Crippen LogP contribution in [0.3, 0.4) is 0 Å². The van der Waals surface area contributed by atoms with Crippen LogP contribution in [0.1, 0.15) is 41.5 Å². The van der Waals surface area contributed by atoms with E-state index in [-0.39, 0.29) is 12.5 Å². The first-order valence-electron chi connectivity index (χ1n) is 5.81. The Labute approximate surface area is 101 Å². The molecule has 2 N–H and O–H groups in total. The summed E-state index contributed by atoms with van der Waals surface area (Å²) in [4.78, 5) is 11.8. The van der Waals surface area contributed by atoms with Crippen molar-refractivity contribution >= 4 is 5.91 Å². The van der Waals surface area contributed by atoms with Gasteiger partial charge in [0.2, 0.25) is 0 Å². The smallest absolute Gasteiger partial charge is 0.253 e. The van der Waals surface area contributed by atoms with E-state index in [9.17, 15) is 9.90 Å². The molecule has 0 radical (unpaired) electrons. The molecule has 1 rings (SSSR count). The molecular formula is C12H19N3O2. The zero-order chi connectivity index (χ0) is 12.8. The highest BCUT2D eigenvalue weighted by Gasteiger charge is 2.12. The van der Waals surface area contributed by atoms with Gasteiger partial charge in [0.15, 0.2) is 0 Å². The van der Waals surface area contributed by atoms with E-state index < -0.39 is 6.10 Å². The Morgan fingerprint density at radius 2 is 2.18 bits per heavy atom. The summed E-state index contributed by atoms with van der Waals surface area (Å²) in [6.07, 6.45) is 1.10. The van der Waals surface area contributed by atoms with Crippen molar-refractivity contribution in [2.45, 2.75) is 39.7 Å². The molecule has 0 aliphatic heterocycles. The molecule has 1 atom stereocenters. The highest BCUT2D eigenvalue weighted by molar-refractivity contribution is 5.95. The molecule has 0 aliphatic rings. The molecule has 1 aromatic heterocycles. The number of carbonyl (C=O) groups is 1. The van der Waals surface area contributed by atoms with Gasteiger partial charge in [-0.05, 0) is 26.3 Å². The number of amides is 1. The fourth-order valence-corrected chi connectivity index (χ4v) is 1.52. The second-order valence-corrected chi connectivity index (χ2v) is 4.14. The fraction of sp³-hybridized carbons (Fsp3) is 0.583. The molecule has 5 nitrogen and oxygen atoms in total. The number of aliphatic hydroxyl groups is 1. The summed E-state index contributed by atoms with van der Waals surface area (Å²) in [6.45, 7) is 5.79. The van der Waals surface area contributed by atoms with Crippen LogP contribution >= 0.6 is 0 Å². The molecule has 94 valence electrons. The minimum atomic E-state index is -0.486. The summed E-state index contributed by atoms with van der Waals surface area (Å²) in [5.74, 6) is -0.212. The molecule has 5 heteroatoms. The highest BCUT2D eigenvalue weighted by atomic mass is 16.3. The number of nitrogens with zero attached hydrogens (tertiary/aromatic N) is 2. The van der Waals surface area contributed by atoms with Crippen molar-refractivity contribution in [1.29, 1.82) is 0 Å². The average molecular weight is 237 g/mol. The number of hydrogen-bond donors (Lipinski definition) is 2. The number of hydrogen-bond acceptors (Lipinski definition) is 4. The van der Waals surface area contributed by atoms with Crippen molar-refractivity contribution in [2.75, 3.05) is 6.54 Å². The molecule has 0 aliphatic carbocycles. The minimum absolute atomic E-state index is 0.212. The van der Waals surface area contributed by atoms with Crippen LogP contribution in [0.15, 0.2) is 6.07 Å². The molecule has 17 heavy (non-hydrogen) atoms. The lowest BCUT2D eigenvalue weighted by molar-refractivity contribution is 0.0908. The molecule has 1 heterocycles. The third-order valence-corrected chi connectivity index (χ3v) is 2.47. The third kappa shape index (κ3) is 4.11. The number of carbonyl (C=O) groups excluding carboxylic acids is 1. The zero-order valence-corrected chi connectivity index (χ0v) is 10.5. The van der Waals surface area contributed by atoms with Gasteiger partial charge in [0.25, 0.3) is 5.91 Å². The normalized spacial score (nSPS) is 12.2. The lowest BCUT2D eigenvalue weighted by atomic mass is 10.1. The number of aliphatic hydroxyl groups excluding tert-OH is 1. The third-order valence-electron chi connectivity index (χ3n) is 2.47. The van der Waals surface area contributed by atoms with Crippen molar-refractivity contribution in [3.05, 3.63) is 23.0 Å². The molecule has 1 unspecified atom stereocenters. The van der Waals surface area contributed by atoms with Gasteiger partial charge >= 0.3 is 0 Å². The quantitative estimate of drug-likeness (QED) is 0.800. The van der Waals surface area contributed by atoms with E-state index in [4.69, 9.17) is 0 Å². The van der Waals surface area contributed by atoms with E-state index in [1.165, 1.54) is 0 Å². The molecule has 0 spiro atoms. The molecule has 0 saturated heterocycles. The molecule has 0 bridgehead atoms. The summed E-state index contributed by atoms with van der Waals surface area (Å²) < 4.78 is 0. The Balaban J connectivity index is 2.61. The monoisotopic (exact) mass is 237 g/mol. The number of aryl methyl sites for hydroxylation is 2. The first kappa shape index (κ1) is 13.6. The van der Waals surface area contributed by atoms with Crippen LogP contribution in [0.5, 0.6) is 0 Å². The van der Waals surface area contributed by atoms with Gasteiger partial charge in [-0.25, -0.2) is 0 Å². The van der Waals surface area contributed by atoms with Crippen molar-refractivity contribution in [2.24, 2.45) is 0 Å². The van der Waals surface area contributed by atoms with Gasteiger partial charge in [-0.2, -0.15) is 10.2 Å². The van der Waals surface area contributed by atoms with E-state index in [0.717, 1.165) is 6.42 Å². The van der Waals surface area contributed by atoms with Crippen LogP contribution in [0.25, 0.3) is 0 Å². The average Bonchev–Trinajstić information content (AvgIpc) is 2.29. The lowest BCUT2D eigenvalue weighted by Gasteiger charge is -2.11. The lowest BCUT2D eigenvalue weighted by Crippen LogP contribution is -2.32. The van der Waals surface area contributed by atoms with E-state index in [1.807, 2.05) is 6.92 Å². The summed E-state index contributed by atoms with van der Waals surface area (Å²) in [7, 11) is 0. The highest BCUT2D eigenvalue weighted by Crippen LogP contribution is 2.05. The van der Waals surface area contributed by atoms with E-state index in [1.54, 1.807) is 19.9 Å². The predicted molar refractivity (Wildman–Crippen MR) is 64.8 cm³/mol. The van der Waals surface area contributed by atoms with Gasteiger partial charge < -0.3 is 10.4 Å². The predicted octanol–water partition coefficient (Wildman–Crippen LogP) is 0.984. The van der Waals surface area contributed by atoms with Gasteiger partial charge in [-0.3, -0.25) is 4.79 Å². The molecule has 0 aromatic carbocycles. The van der Waals surface area contributed by atoms with Gasteiger partial charge in [-0.1, -0.05) is 13.3 Å². The molecular weight excluding hydrogens is 218 g/mol.